The lowest BCUT2D eigenvalue weighted by molar-refractivity contribution is -0.156. The van der Waals surface area contributed by atoms with E-state index in [4.69, 9.17) is 4.74 Å². The summed E-state index contributed by atoms with van der Waals surface area (Å²) < 4.78 is 5.30. The van der Waals surface area contributed by atoms with Crippen molar-refractivity contribution in [3.8, 4) is 0 Å². The lowest BCUT2D eigenvalue weighted by Gasteiger charge is -2.32. The van der Waals surface area contributed by atoms with Crippen molar-refractivity contribution in [1.29, 1.82) is 0 Å². The minimum atomic E-state index is -0.515. The number of likely N-dealkylation sites (N-methyl/N-ethyl adjacent to an activating group) is 1. The highest BCUT2D eigenvalue weighted by Crippen LogP contribution is 2.22. The molecule has 90 valence electrons. The number of hydrogen-bond acceptors (Lipinski definition) is 3. The van der Waals surface area contributed by atoms with Gasteiger partial charge in [-0.25, -0.2) is 0 Å². The zero-order valence-electron chi connectivity index (χ0n) is 10.9. The van der Waals surface area contributed by atoms with Crippen molar-refractivity contribution in [2.75, 3.05) is 7.05 Å². The third-order valence-corrected chi connectivity index (χ3v) is 2.57. The number of nitrogens with one attached hydrogen (secondary N) is 1. The van der Waals surface area contributed by atoms with E-state index in [2.05, 4.69) is 19.2 Å². The molecule has 0 bridgehead atoms. The summed E-state index contributed by atoms with van der Waals surface area (Å²) in [4.78, 5) is 12.0. The van der Waals surface area contributed by atoms with Crippen LogP contribution in [0, 0.1) is 5.92 Å². The lowest BCUT2D eigenvalue weighted by atomic mass is 9.86. The van der Waals surface area contributed by atoms with Crippen LogP contribution in [0.2, 0.25) is 0 Å². The molecule has 0 rings (SSSR count). The zero-order valence-corrected chi connectivity index (χ0v) is 10.9. The van der Waals surface area contributed by atoms with Gasteiger partial charge in [-0.2, -0.15) is 0 Å². The lowest BCUT2D eigenvalue weighted by Crippen LogP contribution is -2.52. The second-order valence-electron chi connectivity index (χ2n) is 4.74. The van der Waals surface area contributed by atoms with E-state index in [1.54, 1.807) is 0 Å². The van der Waals surface area contributed by atoms with E-state index >= 15 is 0 Å². The SMILES string of the molecule is CCC(CC(C)C)(NC)C(=O)OC(C)C. The highest BCUT2D eigenvalue weighted by atomic mass is 16.5. The summed E-state index contributed by atoms with van der Waals surface area (Å²) in [5.41, 5.74) is -0.515. The van der Waals surface area contributed by atoms with Crippen LogP contribution in [0.25, 0.3) is 0 Å². The molecular weight excluding hydrogens is 190 g/mol. The predicted octanol–water partition coefficient (Wildman–Crippen LogP) is 2.35. The Morgan fingerprint density at radius 1 is 1.33 bits per heavy atom. The first-order valence-corrected chi connectivity index (χ1v) is 5.78. The second-order valence-corrected chi connectivity index (χ2v) is 4.74. The molecule has 3 heteroatoms. The average molecular weight is 215 g/mol. The van der Waals surface area contributed by atoms with Crippen LogP contribution in [0.1, 0.15) is 47.5 Å². The smallest absolute Gasteiger partial charge is 0.326 e. The van der Waals surface area contributed by atoms with Crippen LogP contribution in [-0.2, 0) is 9.53 Å². The monoisotopic (exact) mass is 215 g/mol. The van der Waals surface area contributed by atoms with Crippen LogP contribution in [-0.4, -0.2) is 24.7 Å². The van der Waals surface area contributed by atoms with Gasteiger partial charge in [0.25, 0.3) is 0 Å². The first-order chi connectivity index (χ1) is 6.88. The first kappa shape index (κ1) is 14.4. The van der Waals surface area contributed by atoms with Crippen molar-refractivity contribution in [1.82, 2.24) is 5.32 Å². The zero-order chi connectivity index (χ0) is 12.1. The van der Waals surface area contributed by atoms with Gasteiger partial charge < -0.3 is 10.1 Å². The molecule has 0 heterocycles. The molecular formula is C12H25NO2. The Balaban J connectivity index is 4.67. The molecule has 15 heavy (non-hydrogen) atoms. The van der Waals surface area contributed by atoms with Crippen LogP contribution in [0.15, 0.2) is 0 Å². The fraction of sp³-hybridized carbons (Fsp3) is 0.917. The van der Waals surface area contributed by atoms with Gasteiger partial charge in [0, 0.05) is 0 Å². The minimum absolute atomic E-state index is 0.0519. The number of hydrogen-bond donors (Lipinski definition) is 1. The Morgan fingerprint density at radius 3 is 2.13 bits per heavy atom. The van der Waals surface area contributed by atoms with E-state index in [0.29, 0.717) is 5.92 Å². The van der Waals surface area contributed by atoms with Crippen LogP contribution < -0.4 is 5.32 Å². The van der Waals surface area contributed by atoms with Gasteiger partial charge in [0.2, 0.25) is 0 Å². The number of carbonyl (C=O) groups is 1. The topological polar surface area (TPSA) is 38.3 Å². The Labute approximate surface area is 93.6 Å². The van der Waals surface area contributed by atoms with Crippen molar-refractivity contribution in [3.05, 3.63) is 0 Å². The third-order valence-electron chi connectivity index (χ3n) is 2.57. The maximum absolute atomic E-state index is 12.0. The molecule has 1 atom stereocenters. The Morgan fingerprint density at radius 2 is 1.87 bits per heavy atom. The Kier molecular flexibility index (Phi) is 5.88. The van der Waals surface area contributed by atoms with E-state index in [-0.39, 0.29) is 12.1 Å². The predicted molar refractivity (Wildman–Crippen MR) is 62.8 cm³/mol. The molecule has 0 aliphatic rings. The molecule has 3 nitrogen and oxygen atoms in total. The van der Waals surface area contributed by atoms with Crippen LogP contribution in [0.4, 0.5) is 0 Å². The van der Waals surface area contributed by atoms with Gasteiger partial charge in [0.05, 0.1) is 6.10 Å². The van der Waals surface area contributed by atoms with Gasteiger partial charge in [-0.05, 0) is 39.7 Å². The summed E-state index contributed by atoms with van der Waals surface area (Å²) in [7, 11) is 1.83. The van der Waals surface area contributed by atoms with E-state index in [9.17, 15) is 4.79 Å². The van der Waals surface area contributed by atoms with Crippen molar-refractivity contribution in [2.24, 2.45) is 5.92 Å². The molecule has 1 N–H and O–H groups in total. The molecule has 0 saturated heterocycles. The van der Waals surface area contributed by atoms with Gasteiger partial charge in [-0.3, -0.25) is 4.79 Å². The number of ether oxygens (including phenoxy) is 1. The molecule has 0 aromatic rings. The quantitative estimate of drug-likeness (QED) is 0.691. The van der Waals surface area contributed by atoms with E-state index < -0.39 is 5.54 Å². The summed E-state index contributed by atoms with van der Waals surface area (Å²) in [5.74, 6) is 0.341. The van der Waals surface area contributed by atoms with Crippen molar-refractivity contribution >= 4 is 5.97 Å². The minimum Gasteiger partial charge on any atom is -0.462 e. The van der Waals surface area contributed by atoms with Crippen LogP contribution in [0.3, 0.4) is 0 Å². The van der Waals surface area contributed by atoms with Gasteiger partial charge in [-0.1, -0.05) is 20.8 Å². The molecule has 0 aromatic carbocycles. The normalized spacial score (nSPS) is 15.5. The number of rotatable bonds is 6. The molecule has 0 spiro atoms. The van der Waals surface area contributed by atoms with Gasteiger partial charge in [0.1, 0.15) is 5.54 Å². The summed E-state index contributed by atoms with van der Waals surface area (Å²) in [6, 6.07) is 0. The molecule has 0 amide bonds. The molecule has 0 aromatic heterocycles. The van der Waals surface area contributed by atoms with E-state index in [1.807, 2.05) is 27.8 Å². The Hall–Kier alpha value is -0.570. The number of carbonyl (C=O) groups excluding carboxylic acids is 1. The van der Waals surface area contributed by atoms with Gasteiger partial charge in [-0.15, -0.1) is 0 Å². The first-order valence-electron chi connectivity index (χ1n) is 5.78. The molecule has 0 saturated carbocycles. The highest BCUT2D eigenvalue weighted by molar-refractivity contribution is 5.80. The average Bonchev–Trinajstić information content (AvgIpc) is 2.12. The maximum Gasteiger partial charge on any atom is 0.326 e. The molecule has 0 aliphatic heterocycles. The third kappa shape index (κ3) is 4.20. The molecule has 0 aliphatic carbocycles. The number of esters is 1. The van der Waals surface area contributed by atoms with E-state index in [1.165, 1.54) is 0 Å². The fourth-order valence-corrected chi connectivity index (χ4v) is 1.78. The van der Waals surface area contributed by atoms with Crippen LogP contribution in [0.5, 0.6) is 0 Å². The van der Waals surface area contributed by atoms with Crippen molar-refractivity contribution in [3.63, 3.8) is 0 Å². The molecule has 1 unspecified atom stereocenters. The summed E-state index contributed by atoms with van der Waals surface area (Å²) in [5, 5.41) is 3.13. The summed E-state index contributed by atoms with van der Waals surface area (Å²) >= 11 is 0. The van der Waals surface area contributed by atoms with E-state index in [0.717, 1.165) is 12.8 Å². The van der Waals surface area contributed by atoms with Crippen molar-refractivity contribution < 1.29 is 9.53 Å². The largest absolute Gasteiger partial charge is 0.462 e. The fourth-order valence-electron chi connectivity index (χ4n) is 1.78. The van der Waals surface area contributed by atoms with Crippen LogP contribution >= 0.6 is 0 Å². The maximum atomic E-state index is 12.0. The summed E-state index contributed by atoms with van der Waals surface area (Å²) in [6.45, 7) is 10.0. The Bertz CT molecular complexity index is 196. The standard InChI is InChI=1S/C12H25NO2/c1-7-12(13-6,8-9(2)3)11(14)15-10(4)5/h9-10,13H,7-8H2,1-6H3. The summed E-state index contributed by atoms with van der Waals surface area (Å²) in [6.07, 6.45) is 1.52. The van der Waals surface area contributed by atoms with Gasteiger partial charge in [0.15, 0.2) is 0 Å². The molecule has 0 fully saturated rings. The highest BCUT2D eigenvalue weighted by Gasteiger charge is 2.37. The van der Waals surface area contributed by atoms with Crippen molar-refractivity contribution in [2.45, 2.75) is 59.1 Å². The second kappa shape index (κ2) is 6.11. The molecule has 0 radical (unpaired) electrons. The van der Waals surface area contributed by atoms with Gasteiger partial charge >= 0.3 is 5.97 Å².